The summed E-state index contributed by atoms with van der Waals surface area (Å²) in [6, 6.07) is 18.2. The van der Waals surface area contributed by atoms with E-state index in [9.17, 15) is 9.59 Å². The van der Waals surface area contributed by atoms with Crippen molar-refractivity contribution in [3.05, 3.63) is 71.1 Å². The number of nitrogens with one attached hydrogen (secondary N) is 1. The number of pyridine rings is 1. The summed E-state index contributed by atoms with van der Waals surface area (Å²) in [7, 11) is 2.08. The lowest BCUT2D eigenvalue weighted by Gasteiger charge is -2.28. The van der Waals surface area contributed by atoms with Gasteiger partial charge < -0.3 is 15.1 Å². The van der Waals surface area contributed by atoms with Gasteiger partial charge in [-0.1, -0.05) is 18.2 Å². The number of aromatic nitrogens is 2. The maximum absolute atomic E-state index is 13.1. The summed E-state index contributed by atoms with van der Waals surface area (Å²) in [5, 5.41) is 5.45. The van der Waals surface area contributed by atoms with Gasteiger partial charge in [0, 0.05) is 68.9 Å². The van der Waals surface area contributed by atoms with Crippen molar-refractivity contribution in [1.29, 1.82) is 0 Å². The average Bonchev–Trinajstić information content (AvgIpc) is 3.35. The molecule has 2 aliphatic heterocycles. The molecule has 1 unspecified atom stereocenters. The van der Waals surface area contributed by atoms with Crippen LogP contribution in [0.2, 0.25) is 0 Å². The number of fused-ring (bicyclic) bond motifs is 4. The number of thiophene rings is 1. The average molecular weight is 552 g/mol. The Morgan fingerprint density at radius 3 is 2.65 bits per heavy atom. The zero-order chi connectivity index (χ0) is 27.2. The van der Waals surface area contributed by atoms with Crippen molar-refractivity contribution < 1.29 is 4.79 Å². The third-order valence-corrected chi connectivity index (χ3v) is 9.63. The van der Waals surface area contributed by atoms with Gasteiger partial charge >= 0.3 is 0 Å². The summed E-state index contributed by atoms with van der Waals surface area (Å²) >= 11 is 1.74. The maximum atomic E-state index is 13.1. The second kappa shape index (κ2) is 10.3. The molecule has 3 aromatic heterocycles. The Morgan fingerprint density at radius 2 is 1.80 bits per heavy atom. The van der Waals surface area contributed by atoms with Gasteiger partial charge in [0.1, 0.15) is 11.5 Å². The molecule has 5 heterocycles. The first-order valence-corrected chi connectivity index (χ1v) is 15.1. The van der Waals surface area contributed by atoms with Gasteiger partial charge in [0.15, 0.2) is 0 Å². The first-order chi connectivity index (χ1) is 19.5. The van der Waals surface area contributed by atoms with Gasteiger partial charge in [0.2, 0.25) is 5.91 Å². The quantitative estimate of drug-likeness (QED) is 0.297. The first-order valence-electron chi connectivity index (χ1n) is 14.3. The Kier molecular flexibility index (Phi) is 6.52. The Bertz CT molecular complexity index is 1800. The van der Waals surface area contributed by atoms with Crippen molar-refractivity contribution in [2.45, 2.75) is 32.1 Å². The SMILES string of the molecule is CN1CCCC(C(=O)Nc2ccc3sc4c(-c5cccn6c(=O)cc(N7CCCCC7)nc56)cccc4c3c2)C1. The maximum Gasteiger partial charge on any atom is 0.259 e. The number of piperidine rings is 2. The molecule has 7 rings (SSSR count). The van der Waals surface area contributed by atoms with Gasteiger partial charge in [-0.05, 0) is 76.0 Å². The van der Waals surface area contributed by atoms with Crippen LogP contribution in [-0.4, -0.2) is 53.4 Å². The number of anilines is 2. The lowest BCUT2D eigenvalue weighted by atomic mass is 9.97. The third-order valence-electron chi connectivity index (χ3n) is 8.41. The lowest BCUT2D eigenvalue weighted by molar-refractivity contribution is -0.121. The summed E-state index contributed by atoms with van der Waals surface area (Å²) in [5.74, 6) is 0.894. The fourth-order valence-electron chi connectivity index (χ4n) is 6.32. The van der Waals surface area contributed by atoms with Gasteiger partial charge in [-0.15, -0.1) is 11.3 Å². The minimum Gasteiger partial charge on any atom is -0.356 e. The zero-order valence-corrected chi connectivity index (χ0v) is 23.5. The summed E-state index contributed by atoms with van der Waals surface area (Å²) < 4.78 is 3.98. The number of nitrogens with zero attached hydrogens (tertiary/aromatic N) is 4. The topological polar surface area (TPSA) is 70.0 Å². The highest BCUT2D eigenvalue weighted by atomic mass is 32.1. The first kappa shape index (κ1) is 25.2. The van der Waals surface area contributed by atoms with Crippen LogP contribution in [0.15, 0.2) is 65.6 Å². The van der Waals surface area contributed by atoms with Crippen LogP contribution < -0.4 is 15.8 Å². The monoisotopic (exact) mass is 551 g/mol. The Labute approximate surface area is 237 Å². The number of hydrogen-bond donors (Lipinski definition) is 1. The number of hydrogen-bond acceptors (Lipinski definition) is 6. The molecule has 8 heteroatoms. The van der Waals surface area contributed by atoms with Crippen LogP contribution in [0.3, 0.4) is 0 Å². The molecule has 0 aliphatic carbocycles. The smallest absolute Gasteiger partial charge is 0.259 e. The minimum atomic E-state index is -0.0551. The second-order valence-electron chi connectivity index (χ2n) is 11.2. The number of rotatable bonds is 4. The summed E-state index contributed by atoms with van der Waals surface area (Å²) in [4.78, 5) is 35.7. The summed E-state index contributed by atoms with van der Waals surface area (Å²) in [6.07, 6.45) is 7.28. The molecule has 5 aromatic rings. The predicted octanol–water partition coefficient (Wildman–Crippen LogP) is 6.00. The molecule has 1 N–H and O–H groups in total. The van der Waals surface area contributed by atoms with Crippen molar-refractivity contribution in [2.24, 2.45) is 5.92 Å². The van der Waals surface area contributed by atoms with Gasteiger partial charge in [0.05, 0.1) is 5.92 Å². The molecular formula is C32H33N5O2S. The number of carbonyl (C=O) groups is 1. The Balaban J connectivity index is 1.30. The van der Waals surface area contributed by atoms with Crippen LogP contribution in [0.1, 0.15) is 32.1 Å². The molecule has 204 valence electrons. The molecule has 2 fully saturated rings. The zero-order valence-electron chi connectivity index (χ0n) is 22.7. The largest absolute Gasteiger partial charge is 0.356 e. The van der Waals surface area contributed by atoms with Crippen LogP contribution in [-0.2, 0) is 4.79 Å². The molecule has 2 aliphatic rings. The van der Waals surface area contributed by atoms with E-state index in [2.05, 4.69) is 58.6 Å². The van der Waals surface area contributed by atoms with E-state index >= 15 is 0 Å². The molecule has 0 saturated carbocycles. The van der Waals surface area contributed by atoms with Crippen LogP contribution in [0.4, 0.5) is 11.5 Å². The highest BCUT2D eigenvalue weighted by molar-refractivity contribution is 7.26. The van der Waals surface area contributed by atoms with Crippen LogP contribution in [0.25, 0.3) is 36.9 Å². The minimum absolute atomic E-state index is 0.0253. The molecule has 1 atom stereocenters. The normalized spacial score (nSPS) is 18.5. The van der Waals surface area contributed by atoms with Crippen LogP contribution in [0, 0.1) is 5.92 Å². The van der Waals surface area contributed by atoms with Crippen molar-refractivity contribution in [3.63, 3.8) is 0 Å². The standard InChI is InChI=1S/C32H33N5O2S/c1-35-14-6-8-21(20-35)32(39)33-22-12-13-27-26(18-22)24-10-5-9-23(30(24)40-27)25-11-7-17-37-29(38)19-28(34-31(25)37)36-15-3-2-4-16-36/h5,7,9-13,17-19,21H,2-4,6,8,14-16,20H2,1H3,(H,33,39). The molecule has 0 radical (unpaired) electrons. The Morgan fingerprint density at radius 1 is 0.950 bits per heavy atom. The van der Waals surface area contributed by atoms with E-state index in [1.807, 2.05) is 12.1 Å². The van der Waals surface area contributed by atoms with E-state index in [0.717, 1.165) is 94.7 Å². The van der Waals surface area contributed by atoms with Crippen LogP contribution in [0.5, 0.6) is 0 Å². The van der Waals surface area contributed by atoms with Crippen LogP contribution >= 0.6 is 11.3 Å². The summed E-state index contributed by atoms with van der Waals surface area (Å²) in [5.41, 5.74) is 3.48. The van der Waals surface area contributed by atoms with E-state index in [1.54, 1.807) is 28.0 Å². The van der Waals surface area contributed by atoms with Crippen molar-refractivity contribution in [1.82, 2.24) is 14.3 Å². The number of likely N-dealkylation sites (tertiary alicyclic amines) is 1. The highest BCUT2D eigenvalue weighted by Crippen LogP contribution is 2.41. The van der Waals surface area contributed by atoms with Gasteiger partial charge in [-0.25, -0.2) is 4.98 Å². The molecule has 40 heavy (non-hydrogen) atoms. The van der Waals surface area contributed by atoms with Gasteiger partial charge in [-0.3, -0.25) is 14.0 Å². The number of amides is 1. The molecule has 2 aromatic carbocycles. The predicted molar refractivity (Wildman–Crippen MR) is 165 cm³/mol. The van der Waals surface area contributed by atoms with Crippen molar-refractivity contribution in [3.8, 4) is 11.1 Å². The molecular weight excluding hydrogens is 518 g/mol. The third kappa shape index (κ3) is 4.55. The molecule has 7 nitrogen and oxygen atoms in total. The summed E-state index contributed by atoms with van der Waals surface area (Å²) in [6.45, 7) is 3.74. The van der Waals surface area contributed by atoms with E-state index in [0.29, 0.717) is 5.65 Å². The second-order valence-corrected chi connectivity index (χ2v) is 12.3. The highest BCUT2D eigenvalue weighted by Gasteiger charge is 2.24. The number of carbonyl (C=O) groups excluding carboxylic acids is 1. The van der Waals surface area contributed by atoms with Gasteiger partial charge in [0.25, 0.3) is 5.56 Å². The molecule has 0 bridgehead atoms. The van der Waals surface area contributed by atoms with E-state index in [-0.39, 0.29) is 17.4 Å². The van der Waals surface area contributed by atoms with E-state index in [1.165, 1.54) is 6.42 Å². The molecule has 2 saturated heterocycles. The van der Waals surface area contributed by atoms with Crippen molar-refractivity contribution >= 4 is 54.6 Å². The van der Waals surface area contributed by atoms with E-state index < -0.39 is 0 Å². The molecule has 0 spiro atoms. The molecule has 1 amide bonds. The van der Waals surface area contributed by atoms with E-state index in [4.69, 9.17) is 4.98 Å². The number of benzene rings is 2. The Hall–Kier alpha value is -3.75. The fraction of sp³-hybridized carbons (Fsp3) is 0.344. The fourth-order valence-corrected chi connectivity index (χ4v) is 7.53. The lowest BCUT2D eigenvalue weighted by Crippen LogP contribution is -2.38. The van der Waals surface area contributed by atoms with Crippen molar-refractivity contribution in [2.75, 3.05) is 43.4 Å². The van der Waals surface area contributed by atoms with Gasteiger partial charge in [-0.2, -0.15) is 0 Å².